The number of allylic oxidation sites excluding steroid dienone is 1. The van der Waals surface area contributed by atoms with Gasteiger partial charge in [0.05, 0.1) is 17.2 Å². The standard InChI is InChI=1S/C16H9ClF3N/c17-15-3-1-2-12(9-15)13(10-21)8-11-4-6-14(7-5-11)16(18,19)20/h1-9H. The Hall–Kier alpha value is -2.25. The first kappa shape index (κ1) is 15.1. The zero-order valence-corrected chi connectivity index (χ0v) is 11.4. The molecular formula is C16H9ClF3N. The van der Waals surface area contributed by atoms with Crippen LogP contribution in [0.15, 0.2) is 48.5 Å². The lowest BCUT2D eigenvalue weighted by atomic mass is 10.0. The summed E-state index contributed by atoms with van der Waals surface area (Å²) in [6, 6.07) is 13.4. The van der Waals surface area contributed by atoms with Gasteiger partial charge in [-0.1, -0.05) is 35.9 Å². The highest BCUT2D eigenvalue weighted by molar-refractivity contribution is 6.30. The molecule has 0 unspecified atom stereocenters. The fourth-order valence-electron chi connectivity index (χ4n) is 1.77. The number of rotatable bonds is 2. The second-order valence-corrected chi connectivity index (χ2v) is 4.74. The van der Waals surface area contributed by atoms with Crippen molar-refractivity contribution in [3.8, 4) is 6.07 Å². The predicted octanol–water partition coefficient (Wildman–Crippen LogP) is 5.42. The van der Waals surface area contributed by atoms with Gasteiger partial charge < -0.3 is 0 Å². The van der Waals surface area contributed by atoms with Crippen molar-refractivity contribution in [1.29, 1.82) is 5.26 Å². The van der Waals surface area contributed by atoms with E-state index < -0.39 is 11.7 Å². The highest BCUT2D eigenvalue weighted by Gasteiger charge is 2.29. The summed E-state index contributed by atoms with van der Waals surface area (Å²) in [5, 5.41) is 9.66. The lowest BCUT2D eigenvalue weighted by molar-refractivity contribution is -0.137. The van der Waals surface area contributed by atoms with Gasteiger partial charge >= 0.3 is 6.18 Å². The number of halogens is 4. The molecule has 21 heavy (non-hydrogen) atoms. The third-order valence-corrected chi connectivity index (χ3v) is 3.04. The van der Waals surface area contributed by atoms with Gasteiger partial charge in [-0.15, -0.1) is 0 Å². The van der Waals surface area contributed by atoms with Crippen LogP contribution >= 0.6 is 11.6 Å². The van der Waals surface area contributed by atoms with Crippen LogP contribution < -0.4 is 0 Å². The Balaban J connectivity index is 2.35. The van der Waals surface area contributed by atoms with Crippen molar-refractivity contribution in [3.63, 3.8) is 0 Å². The van der Waals surface area contributed by atoms with E-state index in [0.29, 0.717) is 21.7 Å². The lowest BCUT2D eigenvalue weighted by Crippen LogP contribution is -2.03. The van der Waals surface area contributed by atoms with Crippen LogP contribution in [0.4, 0.5) is 13.2 Å². The van der Waals surface area contributed by atoms with Crippen molar-refractivity contribution in [2.75, 3.05) is 0 Å². The molecular weight excluding hydrogens is 299 g/mol. The first-order chi connectivity index (χ1) is 9.90. The van der Waals surface area contributed by atoms with Gasteiger partial charge in [0.2, 0.25) is 0 Å². The second-order valence-electron chi connectivity index (χ2n) is 4.30. The number of hydrogen-bond donors (Lipinski definition) is 0. The van der Waals surface area contributed by atoms with E-state index in [1.54, 1.807) is 24.3 Å². The minimum atomic E-state index is -4.37. The first-order valence-corrected chi connectivity index (χ1v) is 6.33. The third kappa shape index (κ3) is 3.87. The van der Waals surface area contributed by atoms with Gasteiger partial charge in [0.15, 0.2) is 0 Å². The molecule has 0 saturated carbocycles. The average molecular weight is 308 g/mol. The Morgan fingerprint density at radius 1 is 1.10 bits per heavy atom. The predicted molar refractivity (Wildman–Crippen MR) is 76.4 cm³/mol. The van der Waals surface area contributed by atoms with Crippen molar-refractivity contribution in [2.45, 2.75) is 6.18 Å². The molecule has 2 aromatic carbocycles. The summed E-state index contributed by atoms with van der Waals surface area (Å²) in [7, 11) is 0. The molecule has 0 radical (unpaired) electrons. The summed E-state index contributed by atoms with van der Waals surface area (Å²) in [5.74, 6) is 0. The monoisotopic (exact) mass is 307 g/mol. The summed E-state index contributed by atoms with van der Waals surface area (Å²) in [5.41, 5.74) is 0.739. The van der Waals surface area contributed by atoms with E-state index in [1.807, 2.05) is 6.07 Å². The number of benzene rings is 2. The molecule has 0 bridgehead atoms. The van der Waals surface area contributed by atoms with Gasteiger partial charge in [0.1, 0.15) is 0 Å². The molecule has 0 aliphatic heterocycles. The van der Waals surface area contributed by atoms with Crippen LogP contribution in [0.25, 0.3) is 11.6 Å². The van der Waals surface area contributed by atoms with E-state index in [-0.39, 0.29) is 0 Å². The maximum atomic E-state index is 12.5. The normalized spacial score (nSPS) is 12.0. The van der Waals surface area contributed by atoms with Gasteiger partial charge in [-0.2, -0.15) is 18.4 Å². The Bertz CT molecular complexity index is 710. The molecule has 0 aliphatic carbocycles. The van der Waals surface area contributed by atoms with Crippen LogP contribution in [-0.4, -0.2) is 0 Å². The summed E-state index contributed by atoms with van der Waals surface area (Å²) in [6.45, 7) is 0. The summed E-state index contributed by atoms with van der Waals surface area (Å²) in [4.78, 5) is 0. The largest absolute Gasteiger partial charge is 0.416 e. The molecule has 1 nitrogen and oxygen atoms in total. The lowest BCUT2D eigenvalue weighted by Gasteiger charge is -2.06. The van der Waals surface area contributed by atoms with Gasteiger partial charge in [-0.05, 0) is 41.5 Å². The number of nitriles is 1. The van der Waals surface area contributed by atoms with Crippen LogP contribution in [0, 0.1) is 11.3 Å². The van der Waals surface area contributed by atoms with E-state index in [9.17, 15) is 18.4 Å². The fourth-order valence-corrected chi connectivity index (χ4v) is 1.96. The first-order valence-electron chi connectivity index (χ1n) is 5.95. The molecule has 0 aromatic heterocycles. The molecule has 0 N–H and O–H groups in total. The van der Waals surface area contributed by atoms with Crippen molar-refractivity contribution in [2.24, 2.45) is 0 Å². The Labute approximate surface area is 124 Å². The molecule has 2 rings (SSSR count). The van der Waals surface area contributed by atoms with Gasteiger partial charge in [-0.25, -0.2) is 0 Å². The SMILES string of the molecule is N#CC(=Cc1ccc(C(F)(F)F)cc1)c1cccc(Cl)c1. The summed E-state index contributed by atoms with van der Waals surface area (Å²) in [6.07, 6.45) is -2.85. The van der Waals surface area contributed by atoms with Crippen molar-refractivity contribution >= 4 is 23.3 Å². The van der Waals surface area contributed by atoms with Crippen LogP contribution in [0.2, 0.25) is 5.02 Å². The number of alkyl halides is 3. The molecule has 0 amide bonds. The van der Waals surface area contributed by atoms with Crippen LogP contribution in [0.1, 0.15) is 16.7 Å². The Kier molecular flexibility index (Phi) is 4.35. The second kappa shape index (κ2) is 6.02. The smallest absolute Gasteiger partial charge is 0.192 e. The average Bonchev–Trinajstić information content (AvgIpc) is 2.44. The van der Waals surface area contributed by atoms with Gasteiger partial charge in [-0.3, -0.25) is 0 Å². The van der Waals surface area contributed by atoms with E-state index in [4.69, 9.17) is 11.6 Å². The van der Waals surface area contributed by atoms with Crippen molar-refractivity contribution < 1.29 is 13.2 Å². The molecule has 0 spiro atoms. The van der Waals surface area contributed by atoms with Crippen LogP contribution in [0.5, 0.6) is 0 Å². The van der Waals surface area contributed by atoms with E-state index in [2.05, 4.69) is 0 Å². The Morgan fingerprint density at radius 3 is 2.29 bits per heavy atom. The molecule has 5 heteroatoms. The van der Waals surface area contributed by atoms with Gasteiger partial charge in [0, 0.05) is 5.02 Å². The quantitative estimate of drug-likeness (QED) is 0.536. The zero-order valence-electron chi connectivity index (χ0n) is 10.7. The topological polar surface area (TPSA) is 23.8 Å². The van der Waals surface area contributed by atoms with Crippen molar-refractivity contribution in [3.05, 3.63) is 70.2 Å². The minimum absolute atomic E-state index is 0.331. The highest BCUT2D eigenvalue weighted by atomic mass is 35.5. The zero-order chi connectivity index (χ0) is 15.5. The summed E-state index contributed by atoms with van der Waals surface area (Å²) < 4.78 is 37.4. The molecule has 0 saturated heterocycles. The number of hydrogen-bond acceptors (Lipinski definition) is 1. The minimum Gasteiger partial charge on any atom is -0.192 e. The molecule has 106 valence electrons. The van der Waals surface area contributed by atoms with Crippen LogP contribution in [0.3, 0.4) is 0 Å². The molecule has 0 aliphatic rings. The number of nitrogens with zero attached hydrogens (tertiary/aromatic N) is 1. The van der Waals surface area contributed by atoms with Crippen molar-refractivity contribution in [1.82, 2.24) is 0 Å². The molecule has 2 aromatic rings. The summed E-state index contributed by atoms with van der Waals surface area (Å²) >= 11 is 5.86. The maximum Gasteiger partial charge on any atom is 0.416 e. The Morgan fingerprint density at radius 2 is 1.76 bits per heavy atom. The molecule has 0 fully saturated rings. The molecule has 0 atom stereocenters. The fraction of sp³-hybridized carbons (Fsp3) is 0.0625. The van der Waals surface area contributed by atoms with E-state index >= 15 is 0 Å². The molecule has 0 heterocycles. The third-order valence-electron chi connectivity index (χ3n) is 2.81. The maximum absolute atomic E-state index is 12.5. The van der Waals surface area contributed by atoms with Crippen LogP contribution in [-0.2, 0) is 6.18 Å². The highest BCUT2D eigenvalue weighted by Crippen LogP contribution is 2.29. The van der Waals surface area contributed by atoms with Gasteiger partial charge in [0.25, 0.3) is 0 Å². The van der Waals surface area contributed by atoms with E-state index in [0.717, 1.165) is 12.1 Å². The van der Waals surface area contributed by atoms with E-state index in [1.165, 1.54) is 18.2 Å².